The van der Waals surface area contributed by atoms with Crippen LogP contribution in [-0.2, 0) is 0 Å². The van der Waals surface area contributed by atoms with E-state index in [0.717, 1.165) is 12.1 Å². The molecule has 1 N–H and O–H groups in total. The normalized spacial score (nSPS) is 10.6. The maximum absolute atomic E-state index is 13.5. The van der Waals surface area contributed by atoms with E-state index in [-0.39, 0.29) is 5.69 Å². The molecule has 0 aliphatic heterocycles. The SMILES string of the molecule is O=C(Nc1c(F)cccc1F)c1cnc2ccccc2n1. The molecule has 0 aliphatic carbocycles. The van der Waals surface area contributed by atoms with Crippen LogP contribution in [0.25, 0.3) is 11.0 Å². The number of para-hydroxylation sites is 3. The molecule has 4 nitrogen and oxygen atoms in total. The summed E-state index contributed by atoms with van der Waals surface area (Å²) in [7, 11) is 0. The van der Waals surface area contributed by atoms with Crippen LogP contribution in [0.2, 0.25) is 0 Å². The van der Waals surface area contributed by atoms with E-state index in [0.29, 0.717) is 11.0 Å². The van der Waals surface area contributed by atoms with E-state index in [1.807, 2.05) is 0 Å². The molecule has 21 heavy (non-hydrogen) atoms. The maximum atomic E-state index is 13.5. The summed E-state index contributed by atoms with van der Waals surface area (Å²) in [6.45, 7) is 0. The molecule has 6 heteroatoms. The predicted octanol–water partition coefficient (Wildman–Crippen LogP) is 3.16. The molecule has 0 atom stereocenters. The number of amides is 1. The number of hydrogen-bond donors (Lipinski definition) is 1. The van der Waals surface area contributed by atoms with Gasteiger partial charge in [-0.25, -0.2) is 13.8 Å². The van der Waals surface area contributed by atoms with E-state index in [1.54, 1.807) is 24.3 Å². The van der Waals surface area contributed by atoms with E-state index in [2.05, 4.69) is 15.3 Å². The Balaban J connectivity index is 1.94. The highest BCUT2D eigenvalue weighted by atomic mass is 19.1. The molecule has 3 rings (SSSR count). The lowest BCUT2D eigenvalue weighted by molar-refractivity contribution is 0.102. The average molecular weight is 285 g/mol. The number of hydrogen-bond acceptors (Lipinski definition) is 3. The van der Waals surface area contributed by atoms with Crippen molar-refractivity contribution in [2.24, 2.45) is 0 Å². The molecule has 0 radical (unpaired) electrons. The topological polar surface area (TPSA) is 54.9 Å². The summed E-state index contributed by atoms with van der Waals surface area (Å²) < 4.78 is 27.0. The number of nitrogens with one attached hydrogen (secondary N) is 1. The second-order valence-corrected chi connectivity index (χ2v) is 4.29. The smallest absolute Gasteiger partial charge is 0.276 e. The lowest BCUT2D eigenvalue weighted by atomic mass is 10.2. The number of halogens is 2. The molecular weight excluding hydrogens is 276 g/mol. The molecule has 0 aliphatic rings. The van der Waals surface area contributed by atoms with Crippen molar-refractivity contribution in [3.63, 3.8) is 0 Å². The minimum Gasteiger partial charge on any atom is -0.316 e. The van der Waals surface area contributed by atoms with Gasteiger partial charge >= 0.3 is 0 Å². The molecule has 0 saturated carbocycles. The first kappa shape index (κ1) is 13.1. The van der Waals surface area contributed by atoms with Gasteiger partial charge in [-0.1, -0.05) is 18.2 Å². The molecule has 0 bridgehead atoms. The lowest BCUT2D eigenvalue weighted by Crippen LogP contribution is -2.16. The number of fused-ring (bicyclic) bond motifs is 1. The molecule has 1 amide bonds. The van der Waals surface area contributed by atoms with Gasteiger partial charge in [0.15, 0.2) is 0 Å². The van der Waals surface area contributed by atoms with E-state index >= 15 is 0 Å². The molecule has 1 heterocycles. The highest BCUT2D eigenvalue weighted by molar-refractivity contribution is 6.03. The number of carbonyl (C=O) groups excluding carboxylic acids is 1. The largest absolute Gasteiger partial charge is 0.316 e. The van der Waals surface area contributed by atoms with Crippen molar-refractivity contribution in [3.05, 3.63) is 66.0 Å². The third kappa shape index (κ3) is 2.55. The van der Waals surface area contributed by atoms with Gasteiger partial charge in [0.05, 0.1) is 17.2 Å². The molecule has 0 fully saturated rings. The van der Waals surface area contributed by atoms with Crippen molar-refractivity contribution in [3.8, 4) is 0 Å². The predicted molar refractivity (Wildman–Crippen MR) is 73.8 cm³/mol. The third-order valence-corrected chi connectivity index (χ3v) is 2.88. The van der Waals surface area contributed by atoms with Crippen molar-refractivity contribution in [1.82, 2.24) is 9.97 Å². The zero-order valence-electron chi connectivity index (χ0n) is 10.7. The number of aromatic nitrogens is 2. The van der Waals surface area contributed by atoms with Crippen molar-refractivity contribution in [1.29, 1.82) is 0 Å². The number of benzene rings is 2. The van der Waals surface area contributed by atoms with Crippen LogP contribution in [0.4, 0.5) is 14.5 Å². The zero-order valence-corrected chi connectivity index (χ0v) is 10.7. The second-order valence-electron chi connectivity index (χ2n) is 4.29. The summed E-state index contributed by atoms with van der Waals surface area (Å²) in [4.78, 5) is 20.2. The lowest BCUT2D eigenvalue weighted by Gasteiger charge is -2.07. The highest BCUT2D eigenvalue weighted by Gasteiger charge is 2.15. The van der Waals surface area contributed by atoms with Crippen LogP contribution < -0.4 is 5.32 Å². The summed E-state index contributed by atoms with van der Waals surface area (Å²) in [6, 6.07) is 10.3. The molecule has 0 spiro atoms. The Morgan fingerprint density at radius 1 is 0.952 bits per heavy atom. The maximum Gasteiger partial charge on any atom is 0.276 e. The van der Waals surface area contributed by atoms with Crippen molar-refractivity contribution in [2.75, 3.05) is 5.32 Å². The Morgan fingerprint density at radius 2 is 1.62 bits per heavy atom. The number of carbonyl (C=O) groups is 1. The first-order valence-corrected chi connectivity index (χ1v) is 6.12. The molecule has 0 saturated heterocycles. The van der Waals surface area contributed by atoms with E-state index in [9.17, 15) is 13.6 Å². The number of anilines is 1. The Morgan fingerprint density at radius 3 is 2.33 bits per heavy atom. The zero-order chi connectivity index (χ0) is 14.8. The Kier molecular flexibility index (Phi) is 3.27. The minimum atomic E-state index is -0.850. The molecule has 2 aromatic carbocycles. The molecular formula is C15H9F2N3O. The molecule has 104 valence electrons. The first-order chi connectivity index (χ1) is 10.1. The van der Waals surface area contributed by atoms with E-state index < -0.39 is 23.2 Å². The van der Waals surface area contributed by atoms with Gasteiger partial charge in [0, 0.05) is 0 Å². The summed E-state index contributed by atoms with van der Waals surface area (Å²) in [5.41, 5.74) is 0.638. The fourth-order valence-electron chi connectivity index (χ4n) is 1.86. The Bertz CT molecular complexity index is 816. The van der Waals surface area contributed by atoms with Crippen molar-refractivity contribution in [2.45, 2.75) is 0 Å². The number of rotatable bonds is 2. The third-order valence-electron chi connectivity index (χ3n) is 2.88. The minimum absolute atomic E-state index is 0.0173. The van der Waals surface area contributed by atoms with Gasteiger partial charge < -0.3 is 5.32 Å². The van der Waals surface area contributed by atoms with Crippen LogP contribution in [-0.4, -0.2) is 15.9 Å². The van der Waals surface area contributed by atoms with Crippen LogP contribution in [0.1, 0.15) is 10.5 Å². The van der Waals surface area contributed by atoms with Crippen LogP contribution in [0.3, 0.4) is 0 Å². The van der Waals surface area contributed by atoms with E-state index in [4.69, 9.17) is 0 Å². The summed E-state index contributed by atoms with van der Waals surface area (Å²) in [6.07, 6.45) is 1.26. The molecule has 0 unspecified atom stereocenters. The Hall–Kier alpha value is -2.89. The fraction of sp³-hybridized carbons (Fsp3) is 0. The van der Waals surface area contributed by atoms with Gasteiger partial charge in [0.2, 0.25) is 0 Å². The quantitative estimate of drug-likeness (QED) is 0.787. The Labute approximate surface area is 118 Å². The van der Waals surface area contributed by atoms with Gasteiger partial charge in [-0.3, -0.25) is 9.78 Å². The second kappa shape index (κ2) is 5.24. The van der Waals surface area contributed by atoms with Gasteiger partial charge in [0.1, 0.15) is 23.0 Å². The standard InChI is InChI=1S/C15H9F2N3O/c16-9-4-3-5-10(17)14(9)20-15(21)13-8-18-11-6-1-2-7-12(11)19-13/h1-8H,(H,20,21). The summed E-state index contributed by atoms with van der Waals surface area (Å²) >= 11 is 0. The molecule has 1 aromatic heterocycles. The van der Waals surface area contributed by atoms with E-state index in [1.165, 1.54) is 12.3 Å². The van der Waals surface area contributed by atoms with Gasteiger partial charge in [-0.2, -0.15) is 0 Å². The molecule has 3 aromatic rings. The summed E-state index contributed by atoms with van der Waals surface area (Å²) in [5, 5.41) is 2.17. The summed E-state index contributed by atoms with van der Waals surface area (Å²) in [5.74, 6) is -2.42. The first-order valence-electron chi connectivity index (χ1n) is 6.12. The van der Waals surface area contributed by atoms with Crippen molar-refractivity contribution < 1.29 is 13.6 Å². The average Bonchev–Trinajstić information content (AvgIpc) is 2.50. The van der Waals surface area contributed by atoms with Crippen LogP contribution >= 0.6 is 0 Å². The fourth-order valence-corrected chi connectivity index (χ4v) is 1.86. The van der Waals surface area contributed by atoms with Crippen LogP contribution in [0.15, 0.2) is 48.7 Å². The van der Waals surface area contributed by atoms with Crippen LogP contribution in [0, 0.1) is 11.6 Å². The van der Waals surface area contributed by atoms with Crippen LogP contribution in [0.5, 0.6) is 0 Å². The van der Waals surface area contributed by atoms with Crippen molar-refractivity contribution >= 4 is 22.6 Å². The van der Waals surface area contributed by atoms with Gasteiger partial charge in [-0.05, 0) is 24.3 Å². The monoisotopic (exact) mass is 285 g/mol. The highest BCUT2D eigenvalue weighted by Crippen LogP contribution is 2.19. The van der Waals surface area contributed by atoms with Gasteiger partial charge in [0.25, 0.3) is 5.91 Å². The van der Waals surface area contributed by atoms with Gasteiger partial charge in [-0.15, -0.1) is 0 Å². The number of nitrogens with zero attached hydrogens (tertiary/aromatic N) is 2.